The lowest BCUT2D eigenvalue weighted by Crippen LogP contribution is -2.10. The van der Waals surface area contributed by atoms with Gasteiger partial charge in [0, 0.05) is 18.5 Å². The summed E-state index contributed by atoms with van der Waals surface area (Å²) in [6.07, 6.45) is 2.27. The molecule has 0 radical (unpaired) electrons. The van der Waals surface area contributed by atoms with Crippen LogP contribution in [0.3, 0.4) is 0 Å². The van der Waals surface area contributed by atoms with Gasteiger partial charge in [0.2, 0.25) is 0 Å². The lowest BCUT2D eigenvalue weighted by atomic mass is 10.0. The number of nitrogens with zero attached hydrogens (tertiary/aromatic N) is 3. The first-order chi connectivity index (χ1) is 9.65. The Balaban J connectivity index is 1.85. The summed E-state index contributed by atoms with van der Waals surface area (Å²) in [5.41, 5.74) is 0.988. The van der Waals surface area contributed by atoms with Crippen LogP contribution in [-0.2, 0) is 11.8 Å². The molecule has 5 heteroatoms. The summed E-state index contributed by atoms with van der Waals surface area (Å²) in [6, 6.07) is 9.84. The molecule has 104 valence electrons. The molecule has 1 N–H and O–H groups in total. The second kappa shape index (κ2) is 5.07. The van der Waals surface area contributed by atoms with Gasteiger partial charge < -0.3 is 5.11 Å². The van der Waals surface area contributed by atoms with Crippen molar-refractivity contribution < 1.29 is 9.90 Å². The molecule has 0 amide bonds. The van der Waals surface area contributed by atoms with E-state index in [1.54, 1.807) is 4.68 Å². The predicted octanol–water partition coefficient (Wildman–Crippen LogP) is 2.45. The largest absolute Gasteiger partial charge is 0.481 e. The zero-order chi connectivity index (χ0) is 14.1. The Morgan fingerprint density at radius 1 is 1.30 bits per heavy atom. The van der Waals surface area contributed by atoms with Crippen LogP contribution in [0.25, 0.3) is 11.4 Å². The van der Waals surface area contributed by atoms with Gasteiger partial charge in [-0.3, -0.25) is 9.48 Å². The van der Waals surface area contributed by atoms with Crippen LogP contribution in [0.4, 0.5) is 0 Å². The topological polar surface area (TPSA) is 68.0 Å². The number of aryl methyl sites for hydroxylation is 1. The Kier molecular flexibility index (Phi) is 3.26. The molecule has 1 aliphatic carbocycles. The maximum atomic E-state index is 11.0. The normalized spacial score (nSPS) is 22.1. The molecule has 1 aromatic heterocycles. The van der Waals surface area contributed by atoms with E-state index in [1.165, 1.54) is 0 Å². The zero-order valence-corrected chi connectivity index (χ0v) is 11.4. The summed E-state index contributed by atoms with van der Waals surface area (Å²) in [5, 5.41) is 13.5. The van der Waals surface area contributed by atoms with Gasteiger partial charge in [-0.15, -0.1) is 0 Å². The van der Waals surface area contributed by atoms with Gasteiger partial charge in [0.1, 0.15) is 5.82 Å². The lowest BCUT2D eigenvalue weighted by Gasteiger charge is -2.07. The van der Waals surface area contributed by atoms with Crippen LogP contribution in [0, 0.1) is 5.92 Å². The third-order valence-corrected chi connectivity index (χ3v) is 3.98. The summed E-state index contributed by atoms with van der Waals surface area (Å²) in [5.74, 6) is 0.871. The first kappa shape index (κ1) is 12.8. The third-order valence-electron chi connectivity index (χ3n) is 3.98. The van der Waals surface area contributed by atoms with Crippen molar-refractivity contribution in [3.63, 3.8) is 0 Å². The number of benzene rings is 1. The zero-order valence-electron chi connectivity index (χ0n) is 11.4. The quantitative estimate of drug-likeness (QED) is 0.931. The fourth-order valence-electron chi connectivity index (χ4n) is 2.90. The monoisotopic (exact) mass is 271 g/mol. The molecule has 20 heavy (non-hydrogen) atoms. The Hall–Kier alpha value is -2.17. The van der Waals surface area contributed by atoms with Gasteiger partial charge in [-0.1, -0.05) is 30.3 Å². The van der Waals surface area contributed by atoms with E-state index < -0.39 is 5.97 Å². The van der Waals surface area contributed by atoms with Gasteiger partial charge in [0.25, 0.3) is 0 Å². The molecule has 0 bridgehead atoms. The van der Waals surface area contributed by atoms with Gasteiger partial charge in [-0.2, -0.15) is 5.10 Å². The number of rotatable bonds is 3. The van der Waals surface area contributed by atoms with Gasteiger partial charge in [-0.05, 0) is 19.3 Å². The minimum Gasteiger partial charge on any atom is -0.481 e. The minimum absolute atomic E-state index is 0.200. The number of carboxylic acids is 1. The summed E-state index contributed by atoms with van der Waals surface area (Å²) >= 11 is 0. The van der Waals surface area contributed by atoms with E-state index >= 15 is 0 Å². The molecular weight excluding hydrogens is 254 g/mol. The standard InChI is InChI=1S/C15H17N3O2/c1-18-14(11-7-8-12(9-11)15(19)20)16-13(17-18)10-5-3-2-4-6-10/h2-6,11-12H,7-9H2,1H3,(H,19,20). The highest BCUT2D eigenvalue weighted by Gasteiger charge is 2.33. The van der Waals surface area contributed by atoms with Crippen molar-refractivity contribution in [2.24, 2.45) is 13.0 Å². The first-order valence-corrected chi connectivity index (χ1v) is 6.84. The van der Waals surface area contributed by atoms with Crippen LogP contribution in [0.5, 0.6) is 0 Å². The van der Waals surface area contributed by atoms with Crippen LogP contribution < -0.4 is 0 Å². The van der Waals surface area contributed by atoms with Crippen molar-refractivity contribution >= 4 is 5.97 Å². The molecule has 0 saturated heterocycles. The smallest absolute Gasteiger partial charge is 0.306 e. The second-order valence-corrected chi connectivity index (χ2v) is 5.33. The van der Waals surface area contributed by atoms with Gasteiger partial charge in [-0.25, -0.2) is 4.98 Å². The van der Waals surface area contributed by atoms with Crippen molar-refractivity contribution in [2.75, 3.05) is 0 Å². The van der Waals surface area contributed by atoms with Crippen molar-refractivity contribution in [1.82, 2.24) is 14.8 Å². The third kappa shape index (κ3) is 2.31. The molecule has 1 heterocycles. The summed E-state index contributed by atoms with van der Waals surface area (Å²) in [6.45, 7) is 0. The number of carboxylic acid groups (broad SMARTS) is 1. The number of hydrogen-bond acceptors (Lipinski definition) is 3. The molecule has 0 aliphatic heterocycles. The first-order valence-electron chi connectivity index (χ1n) is 6.84. The van der Waals surface area contributed by atoms with E-state index in [4.69, 9.17) is 5.11 Å². The van der Waals surface area contributed by atoms with E-state index in [1.807, 2.05) is 37.4 Å². The predicted molar refractivity (Wildman–Crippen MR) is 74.2 cm³/mol. The molecule has 1 aliphatic rings. The number of aliphatic carboxylic acids is 1. The van der Waals surface area contributed by atoms with Crippen molar-refractivity contribution in [2.45, 2.75) is 25.2 Å². The van der Waals surface area contributed by atoms with Crippen molar-refractivity contribution in [3.8, 4) is 11.4 Å². The van der Waals surface area contributed by atoms with Gasteiger partial charge in [0.15, 0.2) is 5.82 Å². The number of aromatic nitrogens is 3. The highest BCUT2D eigenvalue weighted by atomic mass is 16.4. The molecule has 1 aromatic carbocycles. The van der Waals surface area contributed by atoms with E-state index in [9.17, 15) is 4.79 Å². The molecule has 1 fully saturated rings. The second-order valence-electron chi connectivity index (χ2n) is 5.33. The van der Waals surface area contributed by atoms with Gasteiger partial charge >= 0.3 is 5.97 Å². The Morgan fingerprint density at radius 2 is 2.05 bits per heavy atom. The Morgan fingerprint density at radius 3 is 2.70 bits per heavy atom. The SMILES string of the molecule is Cn1nc(-c2ccccc2)nc1C1CCC(C(=O)O)C1. The van der Waals surface area contributed by atoms with Crippen molar-refractivity contribution in [3.05, 3.63) is 36.2 Å². The van der Waals surface area contributed by atoms with Crippen LogP contribution >= 0.6 is 0 Å². The molecule has 3 rings (SSSR count). The average molecular weight is 271 g/mol. The highest BCUT2D eigenvalue weighted by molar-refractivity contribution is 5.70. The Labute approximate surface area is 117 Å². The van der Waals surface area contributed by atoms with Crippen molar-refractivity contribution in [1.29, 1.82) is 0 Å². The molecule has 0 spiro atoms. The molecule has 1 saturated carbocycles. The van der Waals surface area contributed by atoms with E-state index in [0.29, 0.717) is 12.2 Å². The van der Waals surface area contributed by atoms with E-state index in [2.05, 4.69) is 10.1 Å². The van der Waals surface area contributed by atoms with Gasteiger partial charge in [0.05, 0.1) is 5.92 Å². The summed E-state index contributed by atoms with van der Waals surface area (Å²) in [7, 11) is 1.88. The molecule has 5 nitrogen and oxygen atoms in total. The minimum atomic E-state index is -0.696. The van der Waals surface area contributed by atoms with E-state index in [-0.39, 0.29) is 11.8 Å². The van der Waals surface area contributed by atoms with Crippen LogP contribution in [0.1, 0.15) is 31.0 Å². The highest BCUT2D eigenvalue weighted by Crippen LogP contribution is 2.37. The average Bonchev–Trinajstić information content (AvgIpc) is 3.06. The van der Waals surface area contributed by atoms with Crippen LogP contribution in [0.15, 0.2) is 30.3 Å². The number of hydrogen-bond donors (Lipinski definition) is 1. The molecule has 2 unspecified atom stereocenters. The molecule has 2 atom stereocenters. The fourth-order valence-corrected chi connectivity index (χ4v) is 2.90. The fraction of sp³-hybridized carbons (Fsp3) is 0.400. The number of carbonyl (C=O) groups is 1. The lowest BCUT2D eigenvalue weighted by molar-refractivity contribution is -0.141. The maximum Gasteiger partial charge on any atom is 0.306 e. The molecular formula is C15H17N3O2. The van der Waals surface area contributed by atoms with Crippen LogP contribution in [0.2, 0.25) is 0 Å². The summed E-state index contributed by atoms with van der Waals surface area (Å²) in [4.78, 5) is 15.7. The molecule has 2 aromatic rings. The maximum absolute atomic E-state index is 11.0. The Bertz CT molecular complexity index is 621. The van der Waals surface area contributed by atoms with Crippen LogP contribution in [-0.4, -0.2) is 25.8 Å². The van der Waals surface area contributed by atoms with E-state index in [0.717, 1.165) is 24.2 Å². The summed E-state index contributed by atoms with van der Waals surface area (Å²) < 4.78 is 1.79.